The van der Waals surface area contributed by atoms with Crippen LogP contribution in [0, 0.1) is 5.41 Å². The summed E-state index contributed by atoms with van der Waals surface area (Å²) in [6.07, 6.45) is 5.20. The fraction of sp³-hybridized carbons (Fsp3) is 0.500. The topological polar surface area (TPSA) is 45.5 Å². The Hall–Kier alpha value is -2.30. The molecule has 2 fully saturated rings. The Kier molecular flexibility index (Phi) is 3.82. The number of fused-ring (bicyclic) bond motifs is 1. The maximum Gasteiger partial charge on any atom is 0.230 e. The molecule has 5 heteroatoms. The molecule has 1 spiro atoms. The highest BCUT2D eigenvalue weighted by atomic mass is 16.2. The lowest BCUT2D eigenvalue weighted by Gasteiger charge is -2.37. The van der Waals surface area contributed by atoms with Crippen molar-refractivity contribution in [1.82, 2.24) is 14.4 Å². The number of nitrogens with zero attached hydrogens (tertiary/aromatic N) is 3. The minimum Gasteiger partial charge on any atom is -0.350 e. The van der Waals surface area contributed by atoms with Gasteiger partial charge in [-0.1, -0.05) is 18.2 Å². The van der Waals surface area contributed by atoms with Crippen LogP contribution in [0.5, 0.6) is 0 Å². The third kappa shape index (κ3) is 2.62. The predicted molar refractivity (Wildman–Crippen MR) is 97.1 cm³/mol. The second kappa shape index (κ2) is 5.90. The van der Waals surface area contributed by atoms with E-state index in [1.165, 1.54) is 0 Å². The van der Waals surface area contributed by atoms with Crippen LogP contribution in [0.15, 0.2) is 30.5 Å². The van der Waals surface area contributed by atoms with Gasteiger partial charge < -0.3 is 14.4 Å². The number of para-hydroxylation sites is 1. The number of hydrogen-bond donors (Lipinski definition) is 0. The van der Waals surface area contributed by atoms with E-state index in [0.29, 0.717) is 19.5 Å². The monoisotopic (exact) mass is 339 g/mol. The van der Waals surface area contributed by atoms with E-state index in [1.54, 1.807) is 0 Å². The number of aromatic nitrogens is 1. The van der Waals surface area contributed by atoms with Gasteiger partial charge in [0.2, 0.25) is 11.8 Å². The molecule has 5 nitrogen and oxygen atoms in total. The summed E-state index contributed by atoms with van der Waals surface area (Å²) < 4.78 is 2.07. The van der Waals surface area contributed by atoms with Crippen LogP contribution in [0.3, 0.4) is 0 Å². The number of carbonyl (C=O) groups excluding carboxylic acids is 2. The number of hydrogen-bond acceptors (Lipinski definition) is 2. The van der Waals surface area contributed by atoms with Gasteiger partial charge in [0.15, 0.2) is 0 Å². The predicted octanol–water partition coefficient (Wildman–Crippen LogP) is 2.19. The van der Waals surface area contributed by atoms with Crippen molar-refractivity contribution in [3.8, 4) is 0 Å². The van der Waals surface area contributed by atoms with Crippen LogP contribution >= 0.6 is 0 Å². The molecule has 0 saturated carbocycles. The third-order valence-corrected chi connectivity index (χ3v) is 5.98. The average molecular weight is 339 g/mol. The molecule has 1 aromatic carbocycles. The molecule has 2 amide bonds. The van der Waals surface area contributed by atoms with Crippen LogP contribution in [0.4, 0.5) is 0 Å². The minimum atomic E-state index is -0.332. The summed E-state index contributed by atoms with van der Waals surface area (Å²) >= 11 is 0. The van der Waals surface area contributed by atoms with Crippen LogP contribution in [0.1, 0.15) is 24.8 Å². The van der Waals surface area contributed by atoms with Crippen molar-refractivity contribution >= 4 is 22.7 Å². The van der Waals surface area contributed by atoms with Crippen LogP contribution < -0.4 is 0 Å². The van der Waals surface area contributed by atoms with E-state index in [2.05, 4.69) is 16.7 Å². The Morgan fingerprint density at radius 1 is 1.16 bits per heavy atom. The highest BCUT2D eigenvalue weighted by Gasteiger charge is 2.48. The van der Waals surface area contributed by atoms with Crippen LogP contribution in [0.2, 0.25) is 0 Å². The lowest BCUT2D eigenvalue weighted by Crippen LogP contribution is -2.48. The first-order valence-corrected chi connectivity index (χ1v) is 9.06. The molecule has 2 aliphatic rings. The number of aryl methyl sites for hydroxylation is 1. The van der Waals surface area contributed by atoms with E-state index in [4.69, 9.17) is 0 Å². The molecule has 3 heterocycles. The zero-order valence-electron chi connectivity index (χ0n) is 15.0. The Balaban J connectivity index is 1.51. The van der Waals surface area contributed by atoms with Crippen molar-refractivity contribution in [3.63, 3.8) is 0 Å². The maximum absolute atomic E-state index is 12.9. The van der Waals surface area contributed by atoms with Gasteiger partial charge in [0, 0.05) is 50.8 Å². The SMILES string of the molecule is CN1CCC[C@]2(CCN(C(=O)Cc3cn(C)c4ccccc34)C2)C1=O. The molecule has 1 aromatic heterocycles. The Morgan fingerprint density at radius 2 is 1.96 bits per heavy atom. The molecule has 0 unspecified atom stereocenters. The Bertz CT molecular complexity index is 841. The van der Waals surface area contributed by atoms with Gasteiger partial charge in [-0.3, -0.25) is 9.59 Å². The van der Waals surface area contributed by atoms with Gasteiger partial charge >= 0.3 is 0 Å². The zero-order chi connectivity index (χ0) is 17.6. The van der Waals surface area contributed by atoms with E-state index in [-0.39, 0.29) is 17.2 Å². The van der Waals surface area contributed by atoms with Crippen LogP contribution in [0.25, 0.3) is 10.9 Å². The van der Waals surface area contributed by atoms with Crippen molar-refractivity contribution in [2.45, 2.75) is 25.7 Å². The standard InChI is InChI=1S/C20H25N3O2/c1-21-10-5-8-20(19(21)25)9-11-23(14-20)18(24)12-15-13-22(2)17-7-4-3-6-16(15)17/h3-4,6-7,13H,5,8-12,14H2,1-2H3/t20-/m1/s1. The smallest absolute Gasteiger partial charge is 0.230 e. The van der Waals surface area contributed by atoms with Crippen molar-refractivity contribution < 1.29 is 9.59 Å². The van der Waals surface area contributed by atoms with Crippen molar-refractivity contribution in [3.05, 3.63) is 36.0 Å². The molecule has 4 rings (SSSR count). The normalized spacial score (nSPS) is 23.8. The Morgan fingerprint density at radius 3 is 2.80 bits per heavy atom. The quantitative estimate of drug-likeness (QED) is 0.842. The van der Waals surface area contributed by atoms with Crippen molar-refractivity contribution in [2.75, 3.05) is 26.7 Å². The number of rotatable bonds is 2. The van der Waals surface area contributed by atoms with E-state index in [0.717, 1.165) is 42.3 Å². The maximum atomic E-state index is 12.9. The summed E-state index contributed by atoms with van der Waals surface area (Å²) in [6.45, 7) is 2.12. The third-order valence-electron chi connectivity index (χ3n) is 5.98. The van der Waals surface area contributed by atoms with Crippen LogP contribution in [-0.4, -0.2) is 52.9 Å². The van der Waals surface area contributed by atoms with Crippen molar-refractivity contribution in [2.24, 2.45) is 12.5 Å². The van der Waals surface area contributed by atoms with Gasteiger partial charge in [-0.05, 0) is 30.9 Å². The number of amides is 2. The molecule has 25 heavy (non-hydrogen) atoms. The first-order chi connectivity index (χ1) is 12.0. The van der Waals surface area contributed by atoms with Gasteiger partial charge in [0.25, 0.3) is 0 Å². The fourth-order valence-electron chi connectivity index (χ4n) is 4.57. The molecule has 132 valence electrons. The number of likely N-dealkylation sites (tertiary alicyclic amines) is 2. The molecular weight excluding hydrogens is 314 g/mol. The highest BCUT2D eigenvalue weighted by Crippen LogP contribution is 2.39. The summed E-state index contributed by atoms with van der Waals surface area (Å²) in [5.41, 5.74) is 1.88. The molecule has 0 aliphatic carbocycles. The average Bonchev–Trinajstić information content (AvgIpc) is 3.16. The van der Waals surface area contributed by atoms with Gasteiger partial charge in [0.1, 0.15) is 0 Å². The lowest BCUT2D eigenvalue weighted by atomic mass is 9.78. The first kappa shape index (κ1) is 16.2. The zero-order valence-corrected chi connectivity index (χ0v) is 15.0. The van der Waals surface area contributed by atoms with E-state index < -0.39 is 0 Å². The number of carbonyl (C=O) groups is 2. The number of piperidine rings is 1. The van der Waals surface area contributed by atoms with Crippen LogP contribution in [-0.2, 0) is 23.1 Å². The van der Waals surface area contributed by atoms with E-state index >= 15 is 0 Å². The van der Waals surface area contributed by atoms with Crippen molar-refractivity contribution in [1.29, 1.82) is 0 Å². The summed E-state index contributed by atoms with van der Waals surface area (Å²) in [6, 6.07) is 8.18. The fourth-order valence-corrected chi connectivity index (χ4v) is 4.57. The molecule has 2 saturated heterocycles. The molecule has 0 bridgehead atoms. The second-order valence-corrected chi connectivity index (χ2v) is 7.64. The van der Waals surface area contributed by atoms with Gasteiger partial charge in [-0.2, -0.15) is 0 Å². The largest absolute Gasteiger partial charge is 0.350 e. The highest BCUT2D eigenvalue weighted by molar-refractivity contribution is 5.90. The minimum absolute atomic E-state index is 0.134. The number of benzene rings is 1. The summed E-state index contributed by atoms with van der Waals surface area (Å²) in [4.78, 5) is 29.2. The van der Waals surface area contributed by atoms with Gasteiger partial charge in [0.05, 0.1) is 11.8 Å². The molecule has 2 aliphatic heterocycles. The van der Waals surface area contributed by atoms with E-state index in [1.807, 2.05) is 42.2 Å². The molecular formula is C20H25N3O2. The van der Waals surface area contributed by atoms with Gasteiger partial charge in [-0.15, -0.1) is 0 Å². The van der Waals surface area contributed by atoms with Gasteiger partial charge in [-0.25, -0.2) is 0 Å². The van der Waals surface area contributed by atoms with E-state index in [9.17, 15) is 9.59 Å². The summed E-state index contributed by atoms with van der Waals surface area (Å²) in [5.74, 6) is 0.355. The molecule has 2 aromatic rings. The summed E-state index contributed by atoms with van der Waals surface area (Å²) in [7, 11) is 3.89. The second-order valence-electron chi connectivity index (χ2n) is 7.64. The Labute approximate surface area is 148 Å². The lowest BCUT2D eigenvalue weighted by molar-refractivity contribution is -0.144. The molecule has 1 atom stereocenters. The molecule has 0 radical (unpaired) electrons. The first-order valence-electron chi connectivity index (χ1n) is 9.06. The molecule has 0 N–H and O–H groups in total. The summed E-state index contributed by atoms with van der Waals surface area (Å²) in [5, 5.41) is 1.14.